The van der Waals surface area contributed by atoms with E-state index in [2.05, 4.69) is 22.2 Å². The molecule has 0 saturated carbocycles. The van der Waals surface area contributed by atoms with Gasteiger partial charge in [-0.3, -0.25) is 0 Å². The third-order valence-corrected chi connectivity index (χ3v) is 4.10. The first-order valence-corrected chi connectivity index (χ1v) is 6.47. The van der Waals surface area contributed by atoms with E-state index < -0.39 is 0 Å². The third kappa shape index (κ3) is 2.32. The van der Waals surface area contributed by atoms with Crippen LogP contribution in [-0.4, -0.2) is 24.1 Å². The summed E-state index contributed by atoms with van der Waals surface area (Å²) in [7, 11) is 0. The maximum absolute atomic E-state index is 5.84. The van der Waals surface area contributed by atoms with Crippen LogP contribution in [0.2, 0.25) is 0 Å². The second-order valence-corrected chi connectivity index (χ2v) is 5.32. The molecule has 4 heteroatoms. The lowest BCUT2D eigenvalue weighted by atomic mass is 9.93. The van der Waals surface area contributed by atoms with Crippen molar-refractivity contribution < 1.29 is 0 Å². The monoisotopic (exact) mass is 225 g/mol. The number of aryl methyl sites for hydroxylation is 1. The second kappa shape index (κ2) is 4.49. The fourth-order valence-electron chi connectivity index (χ4n) is 2.20. The highest BCUT2D eigenvalue weighted by atomic mass is 32.1. The van der Waals surface area contributed by atoms with Gasteiger partial charge in [0, 0.05) is 24.5 Å². The van der Waals surface area contributed by atoms with Crippen molar-refractivity contribution in [3.63, 3.8) is 0 Å². The number of aromatic nitrogens is 1. The third-order valence-electron chi connectivity index (χ3n) is 3.10. The molecule has 2 atom stereocenters. The molecule has 0 amide bonds. The van der Waals surface area contributed by atoms with E-state index in [1.54, 1.807) is 11.3 Å². The van der Waals surface area contributed by atoms with Crippen LogP contribution in [0.4, 0.5) is 5.13 Å². The van der Waals surface area contributed by atoms with Crippen LogP contribution >= 0.6 is 11.3 Å². The van der Waals surface area contributed by atoms with E-state index in [4.69, 9.17) is 5.73 Å². The predicted molar refractivity (Wildman–Crippen MR) is 65.4 cm³/mol. The van der Waals surface area contributed by atoms with Crippen molar-refractivity contribution in [3.8, 4) is 0 Å². The Hall–Kier alpha value is -0.610. The van der Waals surface area contributed by atoms with Crippen molar-refractivity contribution in [1.29, 1.82) is 0 Å². The quantitative estimate of drug-likeness (QED) is 0.837. The minimum absolute atomic E-state index is 0.485. The molecule has 2 unspecified atom stereocenters. The predicted octanol–water partition coefficient (Wildman–Crippen LogP) is 2.02. The van der Waals surface area contributed by atoms with Crippen LogP contribution < -0.4 is 10.6 Å². The summed E-state index contributed by atoms with van der Waals surface area (Å²) in [6.07, 6.45) is 2.46. The van der Waals surface area contributed by atoms with Gasteiger partial charge in [-0.05, 0) is 25.7 Å². The number of nitrogens with zero attached hydrogens (tertiary/aromatic N) is 2. The van der Waals surface area contributed by atoms with Gasteiger partial charge in [0.2, 0.25) is 0 Å². The summed E-state index contributed by atoms with van der Waals surface area (Å²) < 4.78 is 0. The van der Waals surface area contributed by atoms with Gasteiger partial charge in [-0.25, -0.2) is 4.98 Å². The lowest BCUT2D eigenvalue weighted by molar-refractivity contribution is 0.366. The number of hydrogen-bond acceptors (Lipinski definition) is 4. The highest BCUT2D eigenvalue weighted by molar-refractivity contribution is 7.13. The van der Waals surface area contributed by atoms with E-state index in [1.807, 2.05) is 6.92 Å². The maximum atomic E-state index is 5.84. The van der Waals surface area contributed by atoms with E-state index in [9.17, 15) is 0 Å². The molecule has 1 fully saturated rings. The second-order valence-electron chi connectivity index (χ2n) is 4.48. The molecule has 0 aliphatic carbocycles. The summed E-state index contributed by atoms with van der Waals surface area (Å²) in [5.74, 6) is 0.802. The fraction of sp³-hybridized carbons (Fsp3) is 0.727. The zero-order valence-corrected chi connectivity index (χ0v) is 10.3. The minimum atomic E-state index is 0.485. The summed E-state index contributed by atoms with van der Waals surface area (Å²) in [6, 6.07) is 0.485. The van der Waals surface area contributed by atoms with Crippen molar-refractivity contribution in [3.05, 3.63) is 11.1 Å². The van der Waals surface area contributed by atoms with Crippen LogP contribution in [0.25, 0.3) is 0 Å². The van der Waals surface area contributed by atoms with Gasteiger partial charge >= 0.3 is 0 Å². The number of anilines is 1. The van der Waals surface area contributed by atoms with Crippen molar-refractivity contribution in [2.24, 2.45) is 11.7 Å². The van der Waals surface area contributed by atoms with Crippen molar-refractivity contribution >= 4 is 16.5 Å². The normalized spacial score (nSPS) is 27.0. The van der Waals surface area contributed by atoms with E-state index in [0.29, 0.717) is 6.04 Å². The van der Waals surface area contributed by atoms with Gasteiger partial charge in [-0.15, -0.1) is 11.3 Å². The van der Waals surface area contributed by atoms with Gasteiger partial charge in [0.05, 0.1) is 5.69 Å². The molecule has 0 aromatic carbocycles. The Kier molecular flexibility index (Phi) is 3.26. The molecule has 0 bridgehead atoms. The lowest BCUT2D eigenvalue weighted by Crippen LogP contribution is -2.46. The summed E-state index contributed by atoms with van der Waals surface area (Å²) in [5.41, 5.74) is 6.95. The number of nitrogens with two attached hydrogens (primary N) is 1. The van der Waals surface area contributed by atoms with E-state index in [0.717, 1.165) is 29.8 Å². The van der Waals surface area contributed by atoms with Gasteiger partial charge in [-0.1, -0.05) is 6.92 Å². The van der Waals surface area contributed by atoms with Crippen LogP contribution in [0.3, 0.4) is 0 Å². The molecule has 0 spiro atoms. The smallest absolute Gasteiger partial charge is 0.185 e. The first-order valence-electron chi connectivity index (χ1n) is 5.59. The van der Waals surface area contributed by atoms with E-state index in [1.165, 1.54) is 12.8 Å². The highest BCUT2D eigenvalue weighted by Gasteiger charge is 2.26. The molecule has 1 saturated heterocycles. The largest absolute Gasteiger partial charge is 0.344 e. The van der Waals surface area contributed by atoms with Crippen molar-refractivity contribution in [1.82, 2.24) is 4.98 Å². The Bertz CT molecular complexity index is 323. The topological polar surface area (TPSA) is 42.1 Å². The molecular formula is C11H19N3S. The van der Waals surface area contributed by atoms with Crippen LogP contribution in [0.5, 0.6) is 0 Å². The molecule has 1 aliphatic rings. The zero-order valence-electron chi connectivity index (χ0n) is 9.44. The molecule has 1 aromatic heterocycles. The Labute approximate surface area is 95.3 Å². The first kappa shape index (κ1) is 10.9. The highest BCUT2D eigenvalue weighted by Crippen LogP contribution is 2.29. The SMILES string of the molecule is Cc1csc(N2CCC(C)CC2CN)n1. The number of piperidine rings is 1. The van der Waals surface area contributed by atoms with Crippen LogP contribution in [0, 0.1) is 12.8 Å². The van der Waals surface area contributed by atoms with Crippen LogP contribution in [0.15, 0.2) is 5.38 Å². The van der Waals surface area contributed by atoms with Gasteiger partial charge < -0.3 is 10.6 Å². The molecule has 2 heterocycles. The summed E-state index contributed by atoms with van der Waals surface area (Å²) >= 11 is 1.74. The molecule has 2 rings (SSSR count). The maximum Gasteiger partial charge on any atom is 0.185 e. The van der Waals surface area contributed by atoms with Crippen molar-refractivity contribution in [2.45, 2.75) is 32.7 Å². The summed E-state index contributed by atoms with van der Waals surface area (Å²) in [4.78, 5) is 6.93. The summed E-state index contributed by atoms with van der Waals surface area (Å²) in [5, 5.41) is 3.26. The molecule has 0 radical (unpaired) electrons. The first-order chi connectivity index (χ1) is 7.20. The molecule has 1 aromatic rings. The molecular weight excluding hydrogens is 206 g/mol. The Morgan fingerprint density at radius 2 is 2.47 bits per heavy atom. The Morgan fingerprint density at radius 1 is 1.67 bits per heavy atom. The molecule has 84 valence electrons. The van der Waals surface area contributed by atoms with Crippen LogP contribution in [0.1, 0.15) is 25.5 Å². The number of hydrogen-bond donors (Lipinski definition) is 1. The van der Waals surface area contributed by atoms with Gasteiger partial charge in [-0.2, -0.15) is 0 Å². The zero-order chi connectivity index (χ0) is 10.8. The lowest BCUT2D eigenvalue weighted by Gasteiger charge is -2.37. The molecule has 2 N–H and O–H groups in total. The number of thiazole rings is 1. The summed E-state index contributed by atoms with van der Waals surface area (Å²) in [6.45, 7) is 6.20. The molecule has 1 aliphatic heterocycles. The van der Waals surface area contributed by atoms with E-state index >= 15 is 0 Å². The average molecular weight is 225 g/mol. The minimum Gasteiger partial charge on any atom is -0.344 e. The Morgan fingerprint density at radius 3 is 3.07 bits per heavy atom. The van der Waals surface area contributed by atoms with Gasteiger partial charge in [0.15, 0.2) is 5.13 Å². The standard InChI is InChI=1S/C11H19N3S/c1-8-3-4-14(10(5-8)6-12)11-13-9(2)7-15-11/h7-8,10H,3-6,12H2,1-2H3. The average Bonchev–Trinajstić information content (AvgIpc) is 2.64. The van der Waals surface area contributed by atoms with E-state index in [-0.39, 0.29) is 0 Å². The molecule has 3 nitrogen and oxygen atoms in total. The fourth-order valence-corrected chi connectivity index (χ4v) is 3.10. The van der Waals surface area contributed by atoms with Crippen molar-refractivity contribution in [2.75, 3.05) is 18.0 Å². The van der Waals surface area contributed by atoms with Gasteiger partial charge in [0.25, 0.3) is 0 Å². The number of rotatable bonds is 2. The molecule has 15 heavy (non-hydrogen) atoms. The van der Waals surface area contributed by atoms with Gasteiger partial charge in [0.1, 0.15) is 0 Å². The van der Waals surface area contributed by atoms with Crippen LogP contribution in [-0.2, 0) is 0 Å². The Balaban J connectivity index is 2.13.